The maximum Gasteiger partial charge on any atom is 0.252 e. The third kappa shape index (κ3) is 5.04. The molecule has 1 aromatic carbocycles. The number of nitrogens with one attached hydrogen (secondary N) is 1. The molecule has 2 aliphatic heterocycles. The topological polar surface area (TPSA) is 69.7 Å². The minimum absolute atomic E-state index is 0.0271. The molecule has 1 unspecified atom stereocenters. The van der Waals surface area contributed by atoms with Gasteiger partial charge in [-0.25, -0.2) is 0 Å². The highest BCUT2D eigenvalue weighted by molar-refractivity contribution is 7.08. The molecule has 4 rings (SSSR count). The number of hydrogen-bond acceptors (Lipinski definition) is 4. The molecule has 0 aliphatic carbocycles. The van der Waals surface area contributed by atoms with Crippen LogP contribution in [-0.2, 0) is 22.6 Å². The van der Waals surface area contributed by atoms with Crippen molar-refractivity contribution in [1.82, 2.24) is 15.1 Å². The molecule has 1 saturated heterocycles. The van der Waals surface area contributed by atoms with Gasteiger partial charge in [0.05, 0.1) is 0 Å². The van der Waals surface area contributed by atoms with Crippen molar-refractivity contribution >= 4 is 29.1 Å². The number of piperidine rings is 1. The highest BCUT2D eigenvalue weighted by Gasteiger charge is 2.37. The van der Waals surface area contributed by atoms with Crippen LogP contribution < -0.4 is 5.32 Å². The van der Waals surface area contributed by atoms with E-state index in [1.54, 1.807) is 4.90 Å². The van der Waals surface area contributed by atoms with Crippen LogP contribution in [0.15, 0.2) is 41.1 Å². The number of benzene rings is 1. The monoisotopic (exact) mass is 453 g/mol. The Hall–Kier alpha value is -2.67. The maximum absolute atomic E-state index is 13.5. The van der Waals surface area contributed by atoms with Crippen molar-refractivity contribution in [2.24, 2.45) is 5.92 Å². The average molecular weight is 454 g/mol. The summed E-state index contributed by atoms with van der Waals surface area (Å²) in [7, 11) is 0. The van der Waals surface area contributed by atoms with E-state index in [1.165, 1.54) is 11.3 Å². The number of thiophene rings is 1. The molecule has 0 saturated carbocycles. The van der Waals surface area contributed by atoms with Gasteiger partial charge in [0.25, 0.3) is 5.91 Å². The summed E-state index contributed by atoms with van der Waals surface area (Å²) in [5.74, 6) is 0.272. The Morgan fingerprint density at radius 3 is 2.47 bits per heavy atom. The zero-order chi connectivity index (χ0) is 22.7. The summed E-state index contributed by atoms with van der Waals surface area (Å²) in [5, 5.41) is 6.83. The molecular formula is C25H31N3O3S. The first-order chi connectivity index (χ1) is 15.4. The van der Waals surface area contributed by atoms with Crippen molar-refractivity contribution in [3.63, 3.8) is 0 Å². The Kier molecular flexibility index (Phi) is 6.94. The first kappa shape index (κ1) is 22.5. The average Bonchev–Trinajstić information content (AvgIpc) is 3.33. The van der Waals surface area contributed by atoms with Gasteiger partial charge in [-0.1, -0.05) is 38.1 Å². The van der Waals surface area contributed by atoms with E-state index in [1.807, 2.05) is 53.8 Å². The van der Waals surface area contributed by atoms with Crippen LogP contribution in [0.5, 0.6) is 0 Å². The molecule has 1 fully saturated rings. The van der Waals surface area contributed by atoms with Crippen LogP contribution in [0, 0.1) is 5.92 Å². The zero-order valence-corrected chi connectivity index (χ0v) is 19.6. The predicted molar refractivity (Wildman–Crippen MR) is 125 cm³/mol. The van der Waals surface area contributed by atoms with Crippen LogP contribution >= 0.6 is 11.3 Å². The minimum Gasteiger partial charge on any atom is -0.349 e. The van der Waals surface area contributed by atoms with E-state index in [0.29, 0.717) is 38.0 Å². The van der Waals surface area contributed by atoms with E-state index in [-0.39, 0.29) is 29.7 Å². The number of amides is 3. The lowest BCUT2D eigenvalue weighted by Crippen LogP contribution is -2.56. The van der Waals surface area contributed by atoms with Crippen molar-refractivity contribution in [3.8, 4) is 0 Å². The molecule has 1 N–H and O–H groups in total. The van der Waals surface area contributed by atoms with Gasteiger partial charge in [-0.05, 0) is 41.3 Å². The first-order valence-corrected chi connectivity index (χ1v) is 12.3. The zero-order valence-electron chi connectivity index (χ0n) is 18.8. The van der Waals surface area contributed by atoms with E-state index in [2.05, 4.69) is 11.4 Å². The molecule has 3 amide bonds. The smallest absolute Gasteiger partial charge is 0.252 e. The molecule has 1 aromatic heterocycles. The van der Waals surface area contributed by atoms with Gasteiger partial charge in [-0.2, -0.15) is 11.3 Å². The van der Waals surface area contributed by atoms with Crippen LogP contribution in [0.4, 0.5) is 0 Å². The summed E-state index contributed by atoms with van der Waals surface area (Å²) < 4.78 is 0. The standard InChI is InChI=1S/C25H31N3O3S/c1-17(2)13-23(29)28-15-19-6-4-3-5-18(19)14-22(28)25(31)27-10-7-21(8-11-27)26-24(30)20-9-12-32-16-20/h3-6,9,12,16-17,21-22H,7-8,10-11,13-15H2,1-2H3,(H,26,30). The number of carbonyl (C=O) groups is 3. The normalized spacial score (nSPS) is 19.0. The van der Waals surface area contributed by atoms with E-state index in [0.717, 1.165) is 24.0 Å². The number of likely N-dealkylation sites (tertiary alicyclic amines) is 1. The maximum atomic E-state index is 13.5. The Morgan fingerprint density at radius 1 is 1.09 bits per heavy atom. The fraction of sp³-hybridized carbons (Fsp3) is 0.480. The first-order valence-electron chi connectivity index (χ1n) is 11.4. The van der Waals surface area contributed by atoms with Crippen LogP contribution in [0.25, 0.3) is 0 Å². The van der Waals surface area contributed by atoms with Gasteiger partial charge in [0, 0.05) is 49.5 Å². The van der Waals surface area contributed by atoms with E-state index < -0.39 is 6.04 Å². The molecule has 32 heavy (non-hydrogen) atoms. The summed E-state index contributed by atoms with van der Waals surface area (Å²) in [6, 6.07) is 9.53. The summed E-state index contributed by atoms with van der Waals surface area (Å²) in [6.07, 6.45) is 2.46. The van der Waals surface area contributed by atoms with Crippen molar-refractivity contribution < 1.29 is 14.4 Å². The van der Waals surface area contributed by atoms with Gasteiger partial charge < -0.3 is 15.1 Å². The second-order valence-corrected chi connectivity index (χ2v) is 9.97. The minimum atomic E-state index is -0.451. The quantitative estimate of drug-likeness (QED) is 0.754. The van der Waals surface area contributed by atoms with Crippen molar-refractivity contribution in [2.45, 2.75) is 58.2 Å². The summed E-state index contributed by atoms with van der Waals surface area (Å²) in [4.78, 5) is 42.5. The number of rotatable bonds is 5. The second kappa shape index (κ2) is 9.86. The van der Waals surface area contributed by atoms with Crippen LogP contribution in [0.2, 0.25) is 0 Å². The lowest BCUT2D eigenvalue weighted by Gasteiger charge is -2.41. The fourth-order valence-electron chi connectivity index (χ4n) is 4.59. The predicted octanol–water partition coefficient (Wildman–Crippen LogP) is 3.47. The van der Waals surface area contributed by atoms with Gasteiger partial charge >= 0.3 is 0 Å². The van der Waals surface area contributed by atoms with E-state index in [4.69, 9.17) is 0 Å². The molecule has 0 spiro atoms. The highest BCUT2D eigenvalue weighted by Crippen LogP contribution is 2.27. The lowest BCUT2D eigenvalue weighted by atomic mass is 9.91. The number of fused-ring (bicyclic) bond motifs is 1. The van der Waals surface area contributed by atoms with E-state index in [9.17, 15) is 14.4 Å². The van der Waals surface area contributed by atoms with Crippen LogP contribution in [-0.4, -0.2) is 52.7 Å². The molecule has 1 atom stereocenters. The Labute approximate surface area is 193 Å². The molecule has 2 aliphatic rings. The molecule has 7 heteroatoms. The molecule has 0 radical (unpaired) electrons. The SMILES string of the molecule is CC(C)CC(=O)N1Cc2ccccc2CC1C(=O)N1CCC(NC(=O)c2ccsc2)CC1. The second-order valence-electron chi connectivity index (χ2n) is 9.19. The molecular weight excluding hydrogens is 422 g/mol. The number of nitrogens with zero attached hydrogens (tertiary/aromatic N) is 2. The van der Waals surface area contributed by atoms with Crippen molar-refractivity contribution in [2.75, 3.05) is 13.1 Å². The summed E-state index contributed by atoms with van der Waals surface area (Å²) in [5.41, 5.74) is 2.97. The Morgan fingerprint density at radius 2 is 1.81 bits per heavy atom. The Balaban J connectivity index is 1.41. The number of hydrogen-bond donors (Lipinski definition) is 1. The van der Waals surface area contributed by atoms with Gasteiger partial charge in [-0.3, -0.25) is 14.4 Å². The Bertz CT molecular complexity index is 965. The molecule has 170 valence electrons. The van der Waals surface area contributed by atoms with Gasteiger partial charge in [0.1, 0.15) is 6.04 Å². The number of carbonyl (C=O) groups excluding carboxylic acids is 3. The van der Waals surface area contributed by atoms with Crippen LogP contribution in [0.3, 0.4) is 0 Å². The van der Waals surface area contributed by atoms with Crippen molar-refractivity contribution in [3.05, 3.63) is 57.8 Å². The molecule has 0 bridgehead atoms. The largest absolute Gasteiger partial charge is 0.349 e. The van der Waals surface area contributed by atoms with Gasteiger partial charge in [-0.15, -0.1) is 0 Å². The van der Waals surface area contributed by atoms with Gasteiger partial charge in [0.2, 0.25) is 11.8 Å². The summed E-state index contributed by atoms with van der Waals surface area (Å²) >= 11 is 1.51. The van der Waals surface area contributed by atoms with Gasteiger partial charge in [0.15, 0.2) is 0 Å². The highest BCUT2D eigenvalue weighted by atomic mass is 32.1. The third-order valence-corrected chi connectivity index (χ3v) is 7.05. The molecule has 6 nitrogen and oxygen atoms in total. The third-order valence-electron chi connectivity index (χ3n) is 6.36. The van der Waals surface area contributed by atoms with E-state index >= 15 is 0 Å². The lowest BCUT2D eigenvalue weighted by molar-refractivity contribution is -0.148. The molecule has 2 aromatic rings. The van der Waals surface area contributed by atoms with Crippen molar-refractivity contribution in [1.29, 1.82) is 0 Å². The fourth-order valence-corrected chi connectivity index (χ4v) is 5.23. The molecule has 3 heterocycles. The van der Waals surface area contributed by atoms with Crippen LogP contribution in [0.1, 0.15) is 54.6 Å². The summed E-state index contributed by atoms with van der Waals surface area (Å²) in [6.45, 7) is 5.74.